The number of rotatable bonds is 6. The predicted molar refractivity (Wildman–Crippen MR) is 118 cm³/mol. The molecule has 0 unspecified atom stereocenters. The Morgan fingerprint density at radius 1 is 1.07 bits per heavy atom. The molecule has 0 spiro atoms. The molecule has 1 aromatic heterocycles. The van der Waals surface area contributed by atoms with Crippen molar-refractivity contribution >= 4 is 23.2 Å². The van der Waals surface area contributed by atoms with Crippen LogP contribution in [0.15, 0.2) is 54.6 Å². The third-order valence-corrected chi connectivity index (χ3v) is 5.56. The van der Waals surface area contributed by atoms with E-state index in [0.717, 1.165) is 41.3 Å². The Bertz CT molecular complexity index is 1070. The third-order valence-electron chi connectivity index (χ3n) is 5.56. The maximum atomic E-state index is 12.6. The Morgan fingerprint density at radius 3 is 2.57 bits per heavy atom. The van der Waals surface area contributed by atoms with E-state index in [1.165, 1.54) is 0 Å². The number of amides is 2. The summed E-state index contributed by atoms with van der Waals surface area (Å²) >= 11 is 0. The van der Waals surface area contributed by atoms with Crippen molar-refractivity contribution in [1.82, 2.24) is 9.78 Å². The number of anilines is 2. The van der Waals surface area contributed by atoms with Gasteiger partial charge in [-0.1, -0.05) is 24.3 Å². The van der Waals surface area contributed by atoms with Gasteiger partial charge in [0.15, 0.2) is 0 Å². The average Bonchev–Trinajstić information content (AvgIpc) is 3.30. The Kier molecular flexibility index (Phi) is 5.65. The second-order valence-corrected chi connectivity index (χ2v) is 7.64. The SMILES string of the molecule is Cc1nn(-c2ccccc2)c(C)c1CCC(=O)Nc1cccc(N2CCCC2=O)c1. The predicted octanol–water partition coefficient (Wildman–Crippen LogP) is 4.19. The number of aryl methyl sites for hydroxylation is 1. The van der Waals surface area contributed by atoms with Crippen LogP contribution < -0.4 is 10.2 Å². The minimum Gasteiger partial charge on any atom is -0.326 e. The van der Waals surface area contributed by atoms with Crippen molar-refractivity contribution in [3.63, 3.8) is 0 Å². The van der Waals surface area contributed by atoms with E-state index in [2.05, 4.69) is 10.4 Å². The van der Waals surface area contributed by atoms with Crippen molar-refractivity contribution in [2.75, 3.05) is 16.8 Å². The summed E-state index contributed by atoms with van der Waals surface area (Å²) < 4.78 is 1.93. The standard InChI is InChI=1S/C24H26N4O2/c1-17-22(18(2)28(26-17)20-9-4-3-5-10-20)13-14-23(29)25-19-8-6-11-21(16-19)27-15-7-12-24(27)30/h3-6,8-11,16H,7,12-15H2,1-2H3,(H,25,29). The lowest BCUT2D eigenvalue weighted by atomic mass is 10.1. The Labute approximate surface area is 176 Å². The molecule has 2 amide bonds. The molecule has 0 radical (unpaired) electrons. The number of nitrogens with one attached hydrogen (secondary N) is 1. The van der Waals surface area contributed by atoms with Gasteiger partial charge in [-0.3, -0.25) is 9.59 Å². The molecule has 30 heavy (non-hydrogen) atoms. The molecule has 1 N–H and O–H groups in total. The highest BCUT2D eigenvalue weighted by molar-refractivity contribution is 5.97. The van der Waals surface area contributed by atoms with Crippen LogP contribution in [-0.4, -0.2) is 28.1 Å². The molecule has 0 atom stereocenters. The summed E-state index contributed by atoms with van der Waals surface area (Å²) in [4.78, 5) is 26.3. The zero-order chi connectivity index (χ0) is 21.1. The zero-order valence-corrected chi connectivity index (χ0v) is 17.4. The third kappa shape index (κ3) is 4.13. The van der Waals surface area contributed by atoms with E-state index in [-0.39, 0.29) is 11.8 Å². The van der Waals surface area contributed by atoms with Gasteiger partial charge < -0.3 is 10.2 Å². The van der Waals surface area contributed by atoms with Crippen LogP contribution in [0.4, 0.5) is 11.4 Å². The molecule has 3 aromatic rings. The van der Waals surface area contributed by atoms with Crippen molar-refractivity contribution in [2.24, 2.45) is 0 Å². The summed E-state index contributed by atoms with van der Waals surface area (Å²) in [6.07, 6.45) is 2.46. The van der Waals surface area contributed by atoms with Gasteiger partial charge in [-0.25, -0.2) is 4.68 Å². The molecule has 0 bridgehead atoms. The summed E-state index contributed by atoms with van der Waals surface area (Å²) in [5.74, 6) is 0.0889. The van der Waals surface area contributed by atoms with Crippen LogP contribution in [0.3, 0.4) is 0 Å². The average molecular weight is 402 g/mol. The van der Waals surface area contributed by atoms with Gasteiger partial charge in [0.25, 0.3) is 0 Å². The molecule has 1 aliphatic rings. The van der Waals surface area contributed by atoms with E-state index in [9.17, 15) is 9.59 Å². The quantitative estimate of drug-likeness (QED) is 0.672. The summed E-state index contributed by atoms with van der Waals surface area (Å²) in [5.41, 5.74) is 5.67. The topological polar surface area (TPSA) is 67.2 Å². The molecule has 6 heteroatoms. The molecule has 2 heterocycles. The van der Waals surface area contributed by atoms with E-state index in [4.69, 9.17) is 0 Å². The lowest BCUT2D eigenvalue weighted by Gasteiger charge is -2.16. The van der Waals surface area contributed by atoms with E-state index >= 15 is 0 Å². The first-order valence-corrected chi connectivity index (χ1v) is 10.3. The van der Waals surface area contributed by atoms with Gasteiger partial charge in [0.05, 0.1) is 11.4 Å². The molecule has 0 aliphatic carbocycles. The maximum absolute atomic E-state index is 12.6. The molecule has 154 valence electrons. The van der Waals surface area contributed by atoms with Gasteiger partial charge in [0, 0.05) is 36.5 Å². The van der Waals surface area contributed by atoms with Crippen molar-refractivity contribution in [3.05, 3.63) is 71.5 Å². The van der Waals surface area contributed by atoms with E-state index in [1.807, 2.05) is 73.1 Å². The second-order valence-electron chi connectivity index (χ2n) is 7.64. The molecule has 0 saturated carbocycles. The Hall–Kier alpha value is -3.41. The van der Waals surface area contributed by atoms with E-state index in [0.29, 0.717) is 24.9 Å². The van der Waals surface area contributed by atoms with Crippen LogP contribution in [0, 0.1) is 13.8 Å². The molecule has 2 aromatic carbocycles. The fraction of sp³-hybridized carbons (Fsp3) is 0.292. The lowest BCUT2D eigenvalue weighted by Crippen LogP contribution is -2.23. The van der Waals surface area contributed by atoms with Crippen molar-refractivity contribution in [3.8, 4) is 5.69 Å². The highest BCUT2D eigenvalue weighted by Gasteiger charge is 2.22. The van der Waals surface area contributed by atoms with Crippen molar-refractivity contribution in [2.45, 2.75) is 39.5 Å². The van der Waals surface area contributed by atoms with Crippen LogP contribution in [0.5, 0.6) is 0 Å². The van der Waals surface area contributed by atoms with Crippen LogP contribution in [0.2, 0.25) is 0 Å². The van der Waals surface area contributed by atoms with Gasteiger partial charge in [-0.2, -0.15) is 5.10 Å². The van der Waals surface area contributed by atoms with Crippen molar-refractivity contribution in [1.29, 1.82) is 0 Å². The minimum atomic E-state index is -0.0499. The lowest BCUT2D eigenvalue weighted by molar-refractivity contribution is -0.117. The molecule has 1 fully saturated rings. The fourth-order valence-electron chi connectivity index (χ4n) is 3.99. The number of para-hydroxylation sites is 1. The first-order valence-electron chi connectivity index (χ1n) is 10.3. The summed E-state index contributed by atoms with van der Waals surface area (Å²) in [6, 6.07) is 17.5. The highest BCUT2D eigenvalue weighted by Crippen LogP contribution is 2.25. The van der Waals surface area contributed by atoms with Gasteiger partial charge in [-0.05, 0) is 62.6 Å². The molecule has 1 saturated heterocycles. The van der Waals surface area contributed by atoms with Crippen LogP contribution in [-0.2, 0) is 16.0 Å². The highest BCUT2D eigenvalue weighted by atomic mass is 16.2. The van der Waals surface area contributed by atoms with Gasteiger partial charge in [0.1, 0.15) is 0 Å². The Morgan fingerprint density at radius 2 is 1.83 bits per heavy atom. The van der Waals surface area contributed by atoms with Gasteiger partial charge in [-0.15, -0.1) is 0 Å². The summed E-state index contributed by atoms with van der Waals surface area (Å²) in [6.45, 7) is 4.76. The zero-order valence-electron chi connectivity index (χ0n) is 17.4. The number of benzene rings is 2. The Balaban J connectivity index is 1.41. The first-order chi connectivity index (χ1) is 14.5. The van der Waals surface area contributed by atoms with Crippen LogP contribution >= 0.6 is 0 Å². The number of nitrogens with zero attached hydrogens (tertiary/aromatic N) is 3. The summed E-state index contributed by atoms with van der Waals surface area (Å²) in [7, 11) is 0. The van der Waals surface area contributed by atoms with Crippen LogP contribution in [0.25, 0.3) is 5.69 Å². The minimum absolute atomic E-state index is 0.0499. The number of carbonyl (C=O) groups excluding carboxylic acids is 2. The van der Waals surface area contributed by atoms with Gasteiger partial charge in [0.2, 0.25) is 11.8 Å². The monoisotopic (exact) mass is 402 g/mol. The molecular weight excluding hydrogens is 376 g/mol. The number of aromatic nitrogens is 2. The largest absolute Gasteiger partial charge is 0.326 e. The second kappa shape index (κ2) is 8.53. The number of carbonyl (C=O) groups is 2. The summed E-state index contributed by atoms with van der Waals surface area (Å²) in [5, 5.41) is 7.62. The molecule has 4 rings (SSSR count). The fourth-order valence-corrected chi connectivity index (χ4v) is 3.99. The first kappa shape index (κ1) is 19.9. The molecule has 6 nitrogen and oxygen atoms in total. The van der Waals surface area contributed by atoms with E-state index < -0.39 is 0 Å². The van der Waals surface area contributed by atoms with E-state index in [1.54, 1.807) is 4.90 Å². The molecular formula is C24H26N4O2. The maximum Gasteiger partial charge on any atom is 0.227 e. The smallest absolute Gasteiger partial charge is 0.227 e. The van der Waals surface area contributed by atoms with Crippen molar-refractivity contribution < 1.29 is 9.59 Å². The molecule has 1 aliphatic heterocycles. The van der Waals surface area contributed by atoms with Gasteiger partial charge >= 0.3 is 0 Å². The van der Waals surface area contributed by atoms with Crippen LogP contribution in [0.1, 0.15) is 36.2 Å². The number of hydrogen-bond donors (Lipinski definition) is 1. The normalized spacial score (nSPS) is 13.7. The number of hydrogen-bond acceptors (Lipinski definition) is 3.